The Morgan fingerprint density at radius 2 is 1.92 bits per heavy atom. The molecule has 2 N–H and O–H groups in total. The zero-order valence-corrected chi connectivity index (χ0v) is 15.4. The predicted octanol–water partition coefficient (Wildman–Crippen LogP) is 1.35. The lowest BCUT2D eigenvalue weighted by Gasteiger charge is -2.38. The SMILES string of the molecule is CC(C(=O)NCCc1ccc(F)cc1)N1CCC(N(C)CC(=O)O)CC1. The van der Waals surface area contributed by atoms with Gasteiger partial charge < -0.3 is 10.4 Å². The van der Waals surface area contributed by atoms with E-state index in [1.165, 1.54) is 12.1 Å². The number of likely N-dealkylation sites (tertiary alicyclic amines) is 1. The molecule has 0 saturated carbocycles. The summed E-state index contributed by atoms with van der Waals surface area (Å²) in [7, 11) is 1.83. The molecule has 1 aromatic rings. The molecular formula is C19H28FN3O3. The van der Waals surface area contributed by atoms with Crippen LogP contribution in [0.4, 0.5) is 4.39 Å². The minimum absolute atomic E-state index is 0.00977. The van der Waals surface area contributed by atoms with Crippen molar-refractivity contribution in [1.82, 2.24) is 15.1 Å². The Morgan fingerprint density at radius 3 is 2.50 bits per heavy atom. The van der Waals surface area contributed by atoms with E-state index in [1.54, 1.807) is 12.1 Å². The molecule has 0 radical (unpaired) electrons. The number of carboxylic acid groups (broad SMARTS) is 1. The largest absolute Gasteiger partial charge is 0.480 e. The van der Waals surface area contributed by atoms with E-state index >= 15 is 0 Å². The molecule has 2 rings (SSSR count). The average Bonchev–Trinajstić information content (AvgIpc) is 2.62. The van der Waals surface area contributed by atoms with Crippen LogP contribution < -0.4 is 5.32 Å². The molecule has 1 fully saturated rings. The van der Waals surface area contributed by atoms with Gasteiger partial charge in [-0.1, -0.05) is 12.1 Å². The molecule has 1 aromatic carbocycles. The Morgan fingerprint density at radius 1 is 1.31 bits per heavy atom. The minimum atomic E-state index is -0.816. The third kappa shape index (κ3) is 6.07. The number of carbonyl (C=O) groups excluding carboxylic acids is 1. The lowest BCUT2D eigenvalue weighted by atomic mass is 10.0. The molecule has 1 saturated heterocycles. The molecule has 1 heterocycles. The number of amides is 1. The number of nitrogens with one attached hydrogen (secondary N) is 1. The predicted molar refractivity (Wildman–Crippen MR) is 97.4 cm³/mol. The standard InChI is InChI=1S/C19H28FN3O3/c1-14(19(26)21-10-7-15-3-5-16(20)6-4-15)23-11-8-17(9-12-23)22(2)13-18(24)25/h3-6,14,17H,7-13H2,1-2H3,(H,21,26)(H,24,25). The summed E-state index contributed by atoms with van der Waals surface area (Å²) in [6.45, 7) is 4.02. The summed E-state index contributed by atoms with van der Waals surface area (Å²) in [4.78, 5) is 27.2. The number of piperidine rings is 1. The molecule has 0 bridgehead atoms. The molecule has 0 spiro atoms. The van der Waals surface area contributed by atoms with Crippen LogP contribution in [0.25, 0.3) is 0 Å². The zero-order valence-electron chi connectivity index (χ0n) is 15.4. The van der Waals surface area contributed by atoms with Crippen molar-refractivity contribution in [2.45, 2.75) is 38.3 Å². The van der Waals surface area contributed by atoms with E-state index in [4.69, 9.17) is 5.11 Å². The second kappa shape index (κ2) is 9.64. The third-order valence-corrected chi connectivity index (χ3v) is 5.06. The lowest BCUT2D eigenvalue weighted by Crippen LogP contribution is -2.51. The number of aliphatic carboxylic acids is 1. The maximum Gasteiger partial charge on any atom is 0.317 e. The van der Waals surface area contributed by atoms with E-state index in [0.717, 1.165) is 31.5 Å². The first-order chi connectivity index (χ1) is 12.4. The van der Waals surface area contributed by atoms with Gasteiger partial charge in [0.05, 0.1) is 12.6 Å². The highest BCUT2D eigenvalue weighted by Crippen LogP contribution is 2.17. The fourth-order valence-corrected chi connectivity index (χ4v) is 3.35. The van der Waals surface area contributed by atoms with Crippen molar-refractivity contribution in [2.24, 2.45) is 0 Å². The maximum absolute atomic E-state index is 12.9. The Hall–Kier alpha value is -1.99. The molecule has 144 valence electrons. The highest BCUT2D eigenvalue weighted by Gasteiger charge is 2.28. The van der Waals surface area contributed by atoms with Crippen LogP contribution in [0, 0.1) is 5.82 Å². The summed E-state index contributed by atoms with van der Waals surface area (Å²) in [5.74, 6) is -1.09. The second-order valence-electron chi connectivity index (χ2n) is 6.92. The fraction of sp³-hybridized carbons (Fsp3) is 0.579. The third-order valence-electron chi connectivity index (χ3n) is 5.06. The van der Waals surface area contributed by atoms with Crippen LogP contribution in [0.5, 0.6) is 0 Å². The smallest absolute Gasteiger partial charge is 0.317 e. The van der Waals surface area contributed by atoms with Crippen LogP contribution in [-0.4, -0.2) is 72.1 Å². The van der Waals surface area contributed by atoms with E-state index in [-0.39, 0.29) is 30.4 Å². The first kappa shape index (κ1) is 20.3. The first-order valence-corrected chi connectivity index (χ1v) is 9.05. The molecule has 0 aromatic heterocycles. The normalized spacial score (nSPS) is 17.2. The number of carboxylic acids is 1. The molecule has 1 amide bonds. The molecule has 6 nitrogen and oxygen atoms in total. The van der Waals surface area contributed by atoms with Gasteiger partial charge >= 0.3 is 5.97 Å². The van der Waals surface area contributed by atoms with E-state index in [2.05, 4.69) is 10.2 Å². The van der Waals surface area contributed by atoms with E-state index < -0.39 is 5.97 Å². The van der Waals surface area contributed by atoms with Gasteiger partial charge in [0.25, 0.3) is 0 Å². The summed E-state index contributed by atoms with van der Waals surface area (Å²) in [6.07, 6.45) is 2.38. The van der Waals surface area contributed by atoms with Gasteiger partial charge in [0, 0.05) is 25.7 Å². The zero-order chi connectivity index (χ0) is 19.1. The summed E-state index contributed by atoms with van der Waals surface area (Å²) >= 11 is 0. The lowest BCUT2D eigenvalue weighted by molar-refractivity contribution is -0.138. The Bertz CT molecular complexity index is 601. The van der Waals surface area contributed by atoms with Gasteiger partial charge in [-0.05, 0) is 50.9 Å². The maximum atomic E-state index is 12.9. The molecule has 1 atom stereocenters. The number of hydrogen-bond acceptors (Lipinski definition) is 4. The number of rotatable bonds is 8. The van der Waals surface area contributed by atoms with Crippen LogP contribution in [-0.2, 0) is 16.0 Å². The van der Waals surface area contributed by atoms with Crippen LogP contribution in [0.2, 0.25) is 0 Å². The van der Waals surface area contributed by atoms with Crippen LogP contribution in [0.1, 0.15) is 25.3 Å². The van der Waals surface area contributed by atoms with Crippen LogP contribution >= 0.6 is 0 Å². The fourth-order valence-electron chi connectivity index (χ4n) is 3.35. The molecule has 26 heavy (non-hydrogen) atoms. The molecule has 7 heteroatoms. The topological polar surface area (TPSA) is 72.9 Å². The monoisotopic (exact) mass is 365 g/mol. The highest BCUT2D eigenvalue weighted by molar-refractivity contribution is 5.81. The van der Waals surface area contributed by atoms with Crippen molar-refractivity contribution in [1.29, 1.82) is 0 Å². The summed E-state index contributed by atoms with van der Waals surface area (Å²) in [5.41, 5.74) is 0.988. The Labute approximate surface area is 154 Å². The molecule has 0 aliphatic carbocycles. The molecule has 1 aliphatic rings. The molecular weight excluding hydrogens is 337 g/mol. The number of hydrogen-bond donors (Lipinski definition) is 2. The van der Waals surface area contributed by atoms with Gasteiger partial charge in [-0.15, -0.1) is 0 Å². The number of halogens is 1. The van der Waals surface area contributed by atoms with Gasteiger partial charge in [-0.2, -0.15) is 0 Å². The summed E-state index contributed by atoms with van der Waals surface area (Å²) in [5, 5.41) is 11.8. The Balaban J connectivity index is 1.71. The van der Waals surface area contributed by atoms with Crippen molar-refractivity contribution >= 4 is 11.9 Å². The highest BCUT2D eigenvalue weighted by atomic mass is 19.1. The van der Waals surface area contributed by atoms with Gasteiger partial charge in [0.1, 0.15) is 5.82 Å². The quantitative estimate of drug-likeness (QED) is 0.728. The molecule has 1 aliphatic heterocycles. The van der Waals surface area contributed by atoms with Crippen LogP contribution in [0.15, 0.2) is 24.3 Å². The van der Waals surface area contributed by atoms with Gasteiger partial charge in [0.2, 0.25) is 5.91 Å². The summed E-state index contributed by atoms with van der Waals surface area (Å²) < 4.78 is 12.9. The van der Waals surface area contributed by atoms with Crippen molar-refractivity contribution in [3.05, 3.63) is 35.6 Å². The number of benzene rings is 1. The first-order valence-electron chi connectivity index (χ1n) is 9.05. The molecule has 1 unspecified atom stereocenters. The van der Waals surface area contributed by atoms with Gasteiger partial charge in [-0.3, -0.25) is 19.4 Å². The second-order valence-corrected chi connectivity index (χ2v) is 6.92. The average molecular weight is 365 g/mol. The van der Waals surface area contributed by atoms with Gasteiger partial charge in [0.15, 0.2) is 0 Å². The van der Waals surface area contributed by atoms with E-state index in [0.29, 0.717) is 13.0 Å². The van der Waals surface area contributed by atoms with E-state index in [9.17, 15) is 14.0 Å². The van der Waals surface area contributed by atoms with Crippen molar-refractivity contribution < 1.29 is 19.1 Å². The number of nitrogens with zero attached hydrogens (tertiary/aromatic N) is 2. The minimum Gasteiger partial charge on any atom is -0.480 e. The number of carbonyl (C=O) groups is 2. The number of likely N-dealkylation sites (N-methyl/N-ethyl adjacent to an activating group) is 1. The van der Waals surface area contributed by atoms with Crippen LogP contribution in [0.3, 0.4) is 0 Å². The van der Waals surface area contributed by atoms with E-state index in [1.807, 2.05) is 18.9 Å². The summed E-state index contributed by atoms with van der Waals surface area (Å²) in [6, 6.07) is 6.33. The van der Waals surface area contributed by atoms with Crippen molar-refractivity contribution in [3.8, 4) is 0 Å². The van der Waals surface area contributed by atoms with Gasteiger partial charge in [-0.25, -0.2) is 4.39 Å². The van der Waals surface area contributed by atoms with Crippen molar-refractivity contribution in [3.63, 3.8) is 0 Å². The Kier molecular flexibility index (Phi) is 7.53. The van der Waals surface area contributed by atoms with Crippen molar-refractivity contribution in [2.75, 3.05) is 33.2 Å².